The molecule has 2 N–H and O–H groups in total. The van der Waals surface area contributed by atoms with E-state index in [1.165, 1.54) is 25.7 Å². The molecule has 0 spiro atoms. The summed E-state index contributed by atoms with van der Waals surface area (Å²) >= 11 is 3.18. The molecule has 0 aliphatic rings. The third-order valence-corrected chi connectivity index (χ3v) is 4.87. The first kappa shape index (κ1) is 22.9. The van der Waals surface area contributed by atoms with E-state index in [9.17, 15) is 9.59 Å². The lowest BCUT2D eigenvalue weighted by molar-refractivity contribution is -0.121. The third-order valence-electron chi connectivity index (χ3n) is 4.44. The molecule has 0 saturated carbocycles. The van der Waals surface area contributed by atoms with Gasteiger partial charge in [-0.1, -0.05) is 51.2 Å². The Balaban J connectivity index is 1.83. The molecule has 0 bridgehead atoms. The number of hydrazone groups is 1. The Hall–Kier alpha value is -2.41. The van der Waals surface area contributed by atoms with Crippen LogP contribution in [0.15, 0.2) is 50.6 Å². The van der Waals surface area contributed by atoms with E-state index in [1.54, 1.807) is 24.3 Å². The van der Waals surface area contributed by atoms with Crippen LogP contribution in [0, 0.1) is 0 Å². The van der Waals surface area contributed by atoms with Crippen LogP contribution in [-0.4, -0.2) is 17.5 Å². The Bertz CT molecular complexity index is 845. The van der Waals surface area contributed by atoms with Crippen molar-refractivity contribution in [2.24, 2.45) is 5.10 Å². The lowest BCUT2D eigenvalue weighted by Gasteiger charge is -2.07. The van der Waals surface area contributed by atoms with Crippen LogP contribution in [0.5, 0.6) is 0 Å². The van der Waals surface area contributed by atoms with Crippen molar-refractivity contribution in [2.45, 2.75) is 58.8 Å². The number of carbonyl (C=O) groups excluding carboxylic acids is 2. The monoisotopic (exact) mass is 461 g/mol. The molecule has 0 saturated heterocycles. The molecule has 0 aliphatic heterocycles. The number of carbonyl (C=O) groups is 2. The Morgan fingerprint density at radius 2 is 1.83 bits per heavy atom. The minimum Gasteiger partial charge on any atom is -0.444 e. The van der Waals surface area contributed by atoms with Gasteiger partial charge in [0.1, 0.15) is 0 Å². The summed E-state index contributed by atoms with van der Waals surface area (Å²) in [4.78, 5) is 24.1. The van der Waals surface area contributed by atoms with Crippen molar-refractivity contribution in [3.8, 4) is 0 Å². The summed E-state index contributed by atoms with van der Waals surface area (Å²) in [6.07, 6.45) is 7.33. The van der Waals surface area contributed by atoms with Crippen molar-refractivity contribution in [2.75, 3.05) is 5.32 Å². The fourth-order valence-electron chi connectivity index (χ4n) is 2.78. The van der Waals surface area contributed by atoms with E-state index in [0.29, 0.717) is 22.5 Å². The van der Waals surface area contributed by atoms with Gasteiger partial charge in [-0.3, -0.25) is 9.59 Å². The first-order chi connectivity index (χ1) is 14.0. The first-order valence-electron chi connectivity index (χ1n) is 10.00. The Kier molecular flexibility index (Phi) is 9.64. The highest BCUT2D eigenvalue weighted by Crippen LogP contribution is 2.17. The molecule has 1 aromatic carbocycles. The maximum absolute atomic E-state index is 12.2. The highest BCUT2D eigenvalue weighted by molar-refractivity contribution is 9.10. The fourth-order valence-corrected chi connectivity index (χ4v) is 3.09. The summed E-state index contributed by atoms with van der Waals surface area (Å²) in [6, 6.07) is 10.5. The maximum atomic E-state index is 12.2. The number of nitrogens with one attached hydrogen (secondary N) is 2. The average Bonchev–Trinajstić information content (AvgIpc) is 3.15. The fraction of sp³-hybridized carbons (Fsp3) is 0.409. The molecule has 0 fully saturated rings. The van der Waals surface area contributed by atoms with Gasteiger partial charge in [0.05, 0.1) is 5.71 Å². The minimum atomic E-state index is -0.338. The molecule has 0 atom stereocenters. The molecule has 6 nitrogen and oxygen atoms in total. The van der Waals surface area contributed by atoms with E-state index < -0.39 is 0 Å². The van der Waals surface area contributed by atoms with Crippen molar-refractivity contribution in [3.05, 3.63) is 52.4 Å². The summed E-state index contributed by atoms with van der Waals surface area (Å²) in [7, 11) is 0. The van der Waals surface area contributed by atoms with Crippen molar-refractivity contribution < 1.29 is 14.0 Å². The number of unbranched alkanes of at least 4 members (excludes halogenated alkanes) is 5. The molecule has 0 aliphatic carbocycles. The van der Waals surface area contributed by atoms with Crippen molar-refractivity contribution in [1.82, 2.24) is 5.43 Å². The molecule has 29 heavy (non-hydrogen) atoms. The molecule has 0 unspecified atom stereocenters. The van der Waals surface area contributed by atoms with E-state index >= 15 is 0 Å². The summed E-state index contributed by atoms with van der Waals surface area (Å²) in [5, 5.41) is 6.97. The van der Waals surface area contributed by atoms with Crippen LogP contribution in [0.2, 0.25) is 0 Å². The first-order valence-corrected chi connectivity index (χ1v) is 10.8. The van der Waals surface area contributed by atoms with Gasteiger partial charge < -0.3 is 9.73 Å². The smallest absolute Gasteiger partial charge is 0.291 e. The molecule has 2 aromatic rings. The second-order valence-electron chi connectivity index (χ2n) is 6.89. The minimum absolute atomic E-state index is 0.0762. The van der Waals surface area contributed by atoms with Gasteiger partial charge in [0.2, 0.25) is 5.91 Å². The maximum Gasteiger partial charge on any atom is 0.291 e. The van der Waals surface area contributed by atoms with Crippen LogP contribution >= 0.6 is 15.9 Å². The molecule has 0 radical (unpaired) electrons. The summed E-state index contributed by atoms with van der Waals surface area (Å²) in [5.74, 6) is -0.197. The predicted molar refractivity (Wildman–Crippen MR) is 119 cm³/mol. The van der Waals surface area contributed by atoms with Gasteiger partial charge in [0.25, 0.3) is 5.91 Å². The third kappa shape index (κ3) is 8.23. The van der Waals surface area contributed by atoms with Gasteiger partial charge in [0.15, 0.2) is 10.4 Å². The molecule has 1 heterocycles. The van der Waals surface area contributed by atoms with E-state index in [2.05, 4.69) is 38.7 Å². The van der Waals surface area contributed by atoms with E-state index in [-0.39, 0.29) is 17.6 Å². The molecule has 2 amide bonds. The van der Waals surface area contributed by atoms with E-state index in [0.717, 1.165) is 18.4 Å². The normalized spacial score (nSPS) is 11.3. The molecule has 2 rings (SSSR count). The van der Waals surface area contributed by atoms with Crippen LogP contribution in [0.4, 0.5) is 5.69 Å². The van der Waals surface area contributed by atoms with Gasteiger partial charge in [0, 0.05) is 12.1 Å². The largest absolute Gasteiger partial charge is 0.444 e. The molecule has 1 aromatic heterocycles. The van der Waals surface area contributed by atoms with Gasteiger partial charge in [-0.05, 0) is 59.1 Å². The summed E-state index contributed by atoms with van der Waals surface area (Å²) in [5.41, 5.74) is 4.71. The number of anilines is 1. The second kappa shape index (κ2) is 12.2. The molecular formula is C22H28BrN3O3. The lowest BCUT2D eigenvalue weighted by atomic mass is 10.1. The van der Waals surface area contributed by atoms with E-state index in [4.69, 9.17) is 4.42 Å². The van der Waals surface area contributed by atoms with Gasteiger partial charge >= 0.3 is 0 Å². The number of furan rings is 1. The number of amides is 2. The standard InChI is InChI=1S/C22H28BrN3O3/c1-3-4-5-6-7-8-12-21(27)26-25-16(2)17-10-9-11-18(15-17)24-22(28)19-13-14-20(23)29-19/h9-11,13-15H,3-8,12H2,1-2H3,(H,24,28)(H,26,27). The quantitative estimate of drug-likeness (QED) is 0.248. The van der Waals surface area contributed by atoms with Crippen LogP contribution in [0.3, 0.4) is 0 Å². The number of hydrogen-bond donors (Lipinski definition) is 2. The Labute approximate surface area is 180 Å². The van der Waals surface area contributed by atoms with Crippen molar-refractivity contribution >= 4 is 39.1 Å². The zero-order valence-corrected chi connectivity index (χ0v) is 18.5. The van der Waals surface area contributed by atoms with Gasteiger partial charge in [-0.15, -0.1) is 0 Å². The van der Waals surface area contributed by atoms with Gasteiger partial charge in [-0.25, -0.2) is 5.43 Å². The van der Waals surface area contributed by atoms with Crippen molar-refractivity contribution in [1.29, 1.82) is 0 Å². The summed E-state index contributed by atoms with van der Waals surface area (Å²) in [6.45, 7) is 4.01. The Morgan fingerprint density at radius 3 is 2.55 bits per heavy atom. The van der Waals surface area contributed by atoms with Crippen LogP contribution in [0.1, 0.15) is 74.9 Å². The van der Waals surface area contributed by atoms with Crippen molar-refractivity contribution in [3.63, 3.8) is 0 Å². The average molecular weight is 462 g/mol. The zero-order valence-electron chi connectivity index (χ0n) is 17.0. The van der Waals surface area contributed by atoms with Gasteiger partial charge in [-0.2, -0.15) is 5.10 Å². The van der Waals surface area contributed by atoms with Crippen LogP contribution < -0.4 is 10.7 Å². The molecule has 7 heteroatoms. The number of benzene rings is 1. The number of hydrogen-bond acceptors (Lipinski definition) is 4. The predicted octanol–water partition coefficient (Wildman–Crippen LogP) is 5.89. The van der Waals surface area contributed by atoms with E-state index in [1.807, 2.05) is 19.1 Å². The van der Waals surface area contributed by atoms with Crippen LogP contribution in [0.25, 0.3) is 0 Å². The topological polar surface area (TPSA) is 83.7 Å². The number of rotatable bonds is 11. The lowest BCUT2D eigenvalue weighted by Crippen LogP contribution is -2.19. The highest BCUT2D eigenvalue weighted by atomic mass is 79.9. The highest BCUT2D eigenvalue weighted by Gasteiger charge is 2.11. The summed E-state index contributed by atoms with van der Waals surface area (Å²) < 4.78 is 5.75. The second-order valence-corrected chi connectivity index (χ2v) is 7.67. The molecular weight excluding hydrogens is 434 g/mol. The SMILES string of the molecule is CCCCCCCCC(=O)NN=C(C)c1cccc(NC(=O)c2ccc(Br)o2)c1. The van der Waals surface area contributed by atoms with Crippen LogP contribution in [-0.2, 0) is 4.79 Å². The number of halogens is 1. The zero-order chi connectivity index (χ0) is 21.1. The molecule has 156 valence electrons. The number of nitrogens with zero attached hydrogens (tertiary/aromatic N) is 1. The Morgan fingerprint density at radius 1 is 1.07 bits per heavy atom.